The minimum absolute atomic E-state index is 0.733. The van der Waals surface area contributed by atoms with Gasteiger partial charge in [-0.2, -0.15) is 0 Å². The van der Waals surface area contributed by atoms with Crippen LogP contribution in [-0.4, -0.2) is 24.0 Å². The van der Waals surface area contributed by atoms with Crippen LogP contribution >= 0.6 is 0 Å². The maximum absolute atomic E-state index is 3.55. The zero-order valence-corrected chi connectivity index (χ0v) is 9.95. The van der Waals surface area contributed by atoms with Crippen molar-refractivity contribution in [1.29, 1.82) is 0 Å². The molecule has 0 saturated carbocycles. The summed E-state index contributed by atoms with van der Waals surface area (Å²) in [7, 11) is 0. The molecule has 1 N–H and O–H groups in total. The van der Waals surface area contributed by atoms with Crippen molar-refractivity contribution in [3.8, 4) is 0 Å². The Balaban J connectivity index is 1.71. The summed E-state index contributed by atoms with van der Waals surface area (Å²) in [5.74, 6) is 0.822. The fourth-order valence-corrected chi connectivity index (χ4v) is 3.02. The Morgan fingerprint density at radius 3 is 2.44 bits per heavy atom. The summed E-state index contributed by atoms with van der Waals surface area (Å²) in [6.07, 6.45) is 1.35. The molecular weight excluding hydrogens is 196 g/mol. The Morgan fingerprint density at radius 1 is 1.12 bits per heavy atom. The van der Waals surface area contributed by atoms with E-state index in [1.165, 1.54) is 30.6 Å². The molecule has 1 saturated heterocycles. The smallest absolute Gasteiger partial charge is 0.0244 e. The average Bonchev–Trinajstić information content (AvgIpc) is 2.72. The average molecular weight is 216 g/mol. The number of nitrogens with zero attached hydrogens (tertiary/aromatic N) is 1. The van der Waals surface area contributed by atoms with Crippen molar-refractivity contribution >= 4 is 0 Å². The van der Waals surface area contributed by atoms with Crippen LogP contribution < -0.4 is 5.32 Å². The van der Waals surface area contributed by atoms with Crippen LogP contribution in [0.3, 0.4) is 0 Å². The minimum atomic E-state index is 0.733. The van der Waals surface area contributed by atoms with Crippen molar-refractivity contribution in [3.63, 3.8) is 0 Å². The van der Waals surface area contributed by atoms with Gasteiger partial charge in [0, 0.05) is 25.7 Å². The Morgan fingerprint density at radius 2 is 1.81 bits per heavy atom. The highest BCUT2D eigenvalue weighted by Crippen LogP contribution is 2.27. The lowest BCUT2D eigenvalue weighted by molar-refractivity contribution is 0.145. The number of hydrogen-bond acceptors (Lipinski definition) is 2. The molecule has 2 heteroatoms. The van der Waals surface area contributed by atoms with Gasteiger partial charge >= 0.3 is 0 Å². The molecule has 2 aliphatic heterocycles. The molecule has 2 atom stereocenters. The molecule has 0 radical (unpaired) electrons. The predicted molar refractivity (Wildman–Crippen MR) is 66.1 cm³/mol. The maximum Gasteiger partial charge on any atom is 0.0244 e. The van der Waals surface area contributed by atoms with Gasteiger partial charge < -0.3 is 5.32 Å². The first-order valence-corrected chi connectivity index (χ1v) is 6.34. The Labute approximate surface area is 97.6 Å². The van der Waals surface area contributed by atoms with E-state index in [4.69, 9.17) is 0 Å². The number of nitrogens with one attached hydrogen (secondary N) is 1. The lowest BCUT2D eigenvalue weighted by atomic mass is 9.97. The van der Waals surface area contributed by atoms with Crippen molar-refractivity contribution in [2.45, 2.75) is 32.5 Å². The molecule has 0 bridgehead atoms. The predicted octanol–water partition coefficient (Wildman–Crippen LogP) is 2.00. The van der Waals surface area contributed by atoms with Crippen molar-refractivity contribution < 1.29 is 0 Å². The van der Waals surface area contributed by atoms with E-state index < -0.39 is 0 Å². The van der Waals surface area contributed by atoms with Crippen molar-refractivity contribution in [2.75, 3.05) is 13.1 Å². The number of fused-ring (bicyclic) bond motifs is 1. The largest absolute Gasteiger partial charge is 0.315 e. The molecule has 86 valence electrons. The molecule has 0 amide bonds. The van der Waals surface area contributed by atoms with Crippen LogP contribution in [0.2, 0.25) is 0 Å². The Hall–Kier alpha value is -0.860. The lowest BCUT2D eigenvalue weighted by Crippen LogP contribution is -2.46. The summed E-state index contributed by atoms with van der Waals surface area (Å²) in [5, 5.41) is 3.55. The van der Waals surface area contributed by atoms with Crippen LogP contribution in [-0.2, 0) is 13.1 Å². The fourth-order valence-electron chi connectivity index (χ4n) is 3.02. The van der Waals surface area contributed by atoms with Gasteiger partial charge in [-0.3, -0.25) is 4.90 Å². The second-order valence-electron chi connectivity index (χ2n) is 5.33. The van der Waals surface area contributed by atoms with Gasteiger partial charge in [0.05, 0.1) is 0 Å². The zero-order chi connectivity index (χ0) is 11.0. The van der Waals surface area contributed by atoms with Crippen LogP contribution in [0.4, 0.5) is 0 Å². The number of benzene rings is 1. The van der Waals surface area contributed by atoms with Crippen molar-refractivity contribution in [3.05, 3.63) is 35.4 Å². The van der Waals surface area contributed by atoms with Crippen LogP contribution in [0.15, 0.2) is 24.3 Å². The molecule has 0 aliphatic carbocycles. The Kier molecular flexibility index (Phi) is 2.70. The van der Waals surface area contributed by atoms with Gasteiger partial charge in [-0.1, -0.05) is 31.2 Å². The summed E-state index contributed by atoms with van der Waals surface area (Å²) >= 11 is 0. The quantitative estimate of drug-likeness (QED) is 0.772. The summed E-state index contributed by atoms with van der Waals surface area (Å²) in [6, 6.07) is 9.59. The summed E-state index contributed by atoms with van der Waals surface area (Å²) < 4.78 is 0. The van der Waals surface area contributed by atoms with Gasteiger partial charge in [0.2, 0.25) is 0 Å². The molecule has 16 heavy (non-hydrogen) atoms. The van der Waals surface area contributed by atoms with Crippen molar-refractivity contribution in [1.82, 2.24) is 10.2 Å². The third-order valence-electron chi connectivity index (χ3n) is 3.93. The minimum Gasteiger partial charge on any atom is -0.315 e. The molecule has 2 aliphatic rings. The first-order valence-electron chi connectivity index (χ1n) is 6.34. The second kappa shape index (κ2) is 4.19. The second-order valence-corrected chi connectivity index (χ2v) is 5.33. The summed E-state index contributed by atoms with van der Waals surface area (Å²) in [6.45, 7) is 7.00. The third kappa shape index (κ3) is 1.87. The molecule has 2 heterocycles. The van der Waals surface area contributed by atoms with Crippen LogP contribution in [0.1, 0.15) is 24.5 Å². The first-order chi connectivity index (χ1) is 7.83. The molecule has 0 spiro atoms. The van der Waals surface area contributed by atoms with E-state index >= 15 is 0 Å². The Bertz CT molecular complexity index is 350. The van der Waals surface area contributed by atoms with Crippen LogP contribution in [0.5, 0.6) is 0 Å². The normalized spacial score (nSPS) is 30.3. The highest BCUT2D eigenvalue weighted by atomic mass is 15.2. The number of rotatable bonds is 1. The summed E-state index contributed by atoms with van der Waals surface area (Å²) in [4.78, 5) is 2.63. The highest BCUT2D eigenvalue weighted by Gasteiger charge is 2.28. The standard InChI is InChI=1S/C14H20N2/c1-11-6-14(8-15-7-11)16-9-12-4-2-3-5-13(12)10-16/h2-5,11,14-15H,6-10H2,1H3. The third-order valence-corrected chi connectivity index (χ3v) is 3.93. The van der Waals surface area contributed by atoms with E-state index in [1.54, 1.807) is 0 Å². The zero-order valence-electron chi connectivity index (χ0n) is 9.95. The van der Waals surface area contributed by atoms with Gasteiger partial charge in [0.25, 0.3) is 0 Å². The molecule has 1 fully saturated rings. The van der Waals surface area contributed by atoms with Gasteiger partial charge in [-0.15, -0.1) is 0 Å². The molecule has 0 aromatic heterocycles. The van der Waals surface area contributed by atoms with Crippen molar-refractivity contribution in [2.24, 2.45) is 5.92 Å². The topological polar surface area (TPSA) is 15.3 Å². The summed E-state index contributed by atoms with van der Waals surface area (Å²) in [5.41, 5.74) is 3.06. The molecule has 1 aromatic rings. The monoisotopic (exact) mass is 216 g/mol. The number of hydrogen-bond donors (Lipinski definition) is 1. The lowest BCUT2D eigenvalue weighted by Gasteiger charge is -2.34. The van der Waals surface area contributed by atoms with Gasteiger partial charge in [-0.05, 0) is 30.0 Å². The van der Waals surface area contributed by atoms with Crippen LogP contribution in [0.25, 0.3) is 0 Å². The molecular formula is C14H20N2. The SMILES string of the molecule is CC1CNCC(N2Cc3ccccc3C2)C1. The van der Waals surface area contributed by atoms with Gasteiger partial charge in [0.1, 0.15) is 0 Å². The maximum atomic E-state index is 3.55. The van der Waals surface area contributed by atoms with E-state index in [-0.39, 0.29) is 0 Å². The van der Waals surface area contributed by atoms with E-state index in [0.717, 1.165) is 25.0 Å². The van der Waals surface area contributed by atoms with Gasteiger partial charge in [0.15, 0.2) is 0 Å². The van der Waals surface area contributed by atoms with E-state index in [0.29, 0.717) is 0 Å². The highest BCUT2D eigenvalue weighted by molar-refractivity contribution is 5.30. The number of piperidine rings is 1. The van der Waals surface area contributed by atoms with E-state index in [1.807, 2.05) is 0 Å². The molecule has 2 unspecified atom stereocenters. The van der Waals surface area contributed by atoms with E-state index in [9.17, 15) is 0 Å². The molecule has 1 aromatic carbocycles. The molecule has 3 rings (SSSR count). The fraction of sp³-hybridized carbons (Fsp3) is 0.571. The van der Waals surface area contributed by atoms with E-state index in [2.05, 4.69) is 41.4 Å². The first kappa shape index (κ1) is 10.3. The van der Waals surface area contributed by atoms with Crippen LogP contribution in [0, 0.1) is 5.92 Å². The molecule has 2 nitrogen and oxygen atoms in total. The van der Waals surface area contributed by atoms with Gasteiger partial charge in [-0.25, -0.2) is 0 Å².